The zero-order valence-corrected chi connectivity index (χ0v) is 20.0. The Bertz CT molecular complexity index is 1630. The molecule has 0 saturated heterocycles. The van der Waals surface area contributed by atoms with Crippen LogP contribution in [0.1, 0.15) is 37.4 Å². The van der Waals surface area contributed by atoms with Gasteiger partial charge in [-0.2, -0.15) is 0 Å². The second kappa shape index (κ2) is 8.51. The minimum absolute atomic E-state index is 0.139. The van der Waals surface area contributed by atoms with Crippen LogP contribution in [0.15, 0.2) is 103 Å². The van der Waals surface area contributed by atoms with Crippen molar-refractivity contribution in [3.8, 4) is 34.0 Å². The average Bonchev–Trinajstić information content (AvgIpc) is 3.29. The molecule has 0 aliphatic heterocycles. The highest BCUT2D eigenvalue weighted by atomic mass is 16.5. The van der Waals surface area contributed by atoms with E-state index in [-0.39, 0.29) is 11.6 Å². The molecule has 0 fully saturated rings. The van der Waals surface area contributed by atoms with Gasteiger partial charge in [-0.1, -0.05) is 84.4 Å². The van der Waals surface area contributed by atoms with Gasteiger partial charge in [-0.3, -0.25) is 9.59 Å². The number of nitrogens with zero attached hydrogens (tertiary/aromatic N) is 1. The van der Waals surface area contributed by atoms with Crippen LogP contribution >= 0.6 is 0 Å². The van der Waals surface area contributed by atoms with Crippen LogP contribution in [0.5, 0.6) is 5.75 Å². The lowest BCUT2D eigenvalue weighted by Crippen LogP contribution is -2.20. The molecule has 4 aromatic carbocycles. The maximum Gasteiger partial charge on any atom is 0.196 e. The Labute approximate surface area is 209 Å². The van der Waals surface area contributed by atoms with E-state index in [2.05, 4.69) is 0 Å². The Kier molecular flexibility index (Phi) is 5.15. The zero-order chi connectivity index (χ0) is 24.8. The van der Waals surface area contributed by atoms with Crippen molar-refractivity contribution in [1.29, 1.82) is 0 Å². The monoisotopic (exact) mass is 469 g/mol. The molecule has 5 aromatic rings. The number of aryl methyl sites for hydroxylation is 1. The first-order chi connectivity index (χ1) is 17.6. The summed E-state index contributed by atoms with van der Waals surface area (Å²) in [5.41, 5.74) is 6.87. The molecule has 0 N–H and O–H groups in total. The Balaban J connectivity index is 1.78. The molecule has 174 valence electrons. The van der Waals surface area contributed by atoms with Gasteiger partial charge in [-0.25, -0.2) is 0 Å². The fourth-order valence-electron chi connectivity index (χ4n) is 5.01. The van der Waals surface area contributed by atoms with Gasteiger partial charge in [-0.05, 0) is 42.3 Å². The van der Waals surface area contributed by atoms with Crippen molar-refractivity contribution in [1.82, 2.24) is 4.57 Å². The van der Waals surface area contributed by atoms with Crippen molar-refractivity contribution in [2.75, 3.05) is 7.11 Å². The predicted octanol–water partition coefficient (Wildman–Crippen LogP) is 6.90. The molecular formula is C32H23NO3. The normalized spacial score (nSPS) is 12.3. The van der Waals surface area contributed by atoms with Gasteiger partial charge in [-0.15, -0.1) is 0 Å². The summed E-state index contributed by atoms with van der Waals surface area (Å²) in [4.78, 5) is 28.1. The molecule has 6 rings (SSSR count). The molecule has 4 heteroatoms. The van der Waals surface area contributed by atoms with Gasteiger partial charge in [0.1, 0.15) is 5.75 Å². The molecule has 0 atom stereocenters. The van der Waals surface area contributed by atoms with Gasteiger partial charge in [0.05, 0.1) is 29.6 Å². The maximum absolute atomic E-state index is 14.1. The van der Waals surface area contributed by atoms with Gasteiger partial charge < -0.3 is 9.30 Å². The number of hydrogen-bond donors (Lipinski definition) is 0. The molecule has 1 heterocycles. The van der Waals surface area contributed by atoms with Crippen molar-refractivity contribution in [3.63, 3.8) is 0 Å². The summed E-state index contributed by atoms with van der Waals surface area (Å²) in [5.74, 6) is 0.452. The van der Waals surface area contributed by atoms with Crippen LogP contribution in [0.2, 0.25) is 0 Å². The molecule has 0 bridgehead atoms. The number of carbonyl (C=O) groups excluding carboxylic acids is 2. The van der Waals surface area contributed by atoms with E-state index >= 15 is 0 Å². The number of benzene rings is 4. The highest BCUT2D eigenvalue weighted by Gasteiger charge is 2.39. The molecule has 36 heavy (non-hydrogen) atoms. The predicted molar refractivity (Wildman–Crippen MR) is 141 cm³/mol. The quantitative estimate of drug-likeness (QED) is 0.282. The Morgan fingerprint density at radius 2 is 1.08 bits per heavy atom. The first kappa shape index (κ1) is 21.8. The smallest absolute Gasteiger partial charge is 0.196 e. The summed E-state index contributed by atoms with van der Waals surface area (Å²) in [6.07, 6.45) is 0. The molecule has 1 aromatic heterocycles. The fourth-order valence-corrected chi connectivity index (χ4v) is 5.01. The molecular weight excluding hydrogens is 446 g/mol. The van der Waals surface area contributed by atoms with Crippen LogP contribution in [0, 0.1) is 6.92 Å². The molecule has 0 amide bonds. The van der Waals surface area contributed by atoms with Gasteiger partial charge >= 0.3 is 0 Å². The van der Waals surface area contributed by atoms with Gasteiger partial charge in [0.25, 0.3) is 0 Å². The number of ketones is 2. The molecule has 0 unspecified atom stereocenters. The molecule has 4 nitrogen and oxygen atoms in total. The molecule has 0 saturated carbocycles. The second-order valence-electron chi connectivity index (χ2n) is 8.92. The third-order valence-electron chi connectivity index (χ3n) is 6.74. The highest BCUT2D eigenvalue weighted by Crippen LogP contribution is 2.44. The van der Waals surface area contributed by atoms with Crippen LogP contribution in [-0.4, -0.2) is 23.2 Å². The van der Waals surface area contributed by atoms with E-state index in [0.29, 0.717) is 33.6 Å². The lowest BCUT2D eigenvalue weighted by Gasteiger charge is -2.16. The number of aromatic nitrogens is 1. The average molecular weight is 470 g/mol. The van der Waals surface area contributed by atoms with Gasteiger partial charge in [0, 0.05) is 16.8 Å². The van der Waals surface area contributed by atoms with E-state index in [9.17, 15) is 9.59 Å². The summed E-state index contributed by atoms with van der Waals surface area (Å²) in [6.45, 7) is 2.03. The summed E-state index contributed by atoms with van der Waals surface area (Å²) in [6, 6.07) is 32.6. The lowest BCUT2D eigenvalue weighted by molar-refractivity contribution is 0.0981. The fraction of sp³-hybridized carbons (Fsp3) is 0.0625. The van der Waals surface area contributed by atoms with E-state index in [1.165, 1.54) is 0 Å². The standard InChI is InChI=1S/C32H23NO3/c1-20-12-14-22(15-13-20)30-28-27(31(34)25-10-6-7-11-26(25)32(28)35)29(21-8-4-3-5-9-21)33(30)23-16-18-24(36-2)19-17-23/h3-19H,1-2H3. The molecule has 1 aliphatic carbocycles. The van der Waals surface area contributed by atoms with Crippen molar-refractivity contribution < 1.29 is 14.3 Å². The van der Waals surface area contributed by atoms with Gasteiger partial charge in [0.2, 0.25) is 0 Å². The zero-order valence-electron chi connectivity index (χ0n) is 20.0. The Morgan fingerprint density at radius 3 is 1.61 bits per heavy atom. The lowest BCUT2D eigenvalue weighted by atomic mass is 9.83. The first-order valence-corrected chi connectivity index (χ1v) is 11.8. The number of ether oxygens (including phenoxy) is 1. The van der Waals surface area contributed by atoms with Crippen LogP contribution < -0.4 is 4.74 Å². The van der Waals surface area contributed by atoms with Crippen LogP contribution in [0.25, 0.3) is 28.2 Å². The largest absolute Gasteiger partial charge is 0.497 e. The number of methoxy groups -OCH3 is 1. The molecule has 0 spiro atoms. The Hall–Kier alpha value is -4.70. The van der Waals surface area contributed by atoms with Crippen molar-refractivity contribution in [2.24, 2.45) is 0 Å². The van der Waals surface area contributed by atoms with Crippen molar-refractivity contribution in [2.45, 2.75) is 6.92 Å². The number of hydrogen-bond acceptors (Lipinski definition) is 3. The first-order valence-electron chi connectivity index (χ1n) is 11.8. The topological polar surface area (TPSA) is 48.3 Å². The number of rotatable bonds is 4. The van der Waals surface area contributed by atoms with Crippen molar-refractivity contribution in [3.05, 3.63) is 131 Å². The third-order valence-corrected chi connectivity index (χ3v) is 6.74. The number of fused-ring (bicyclic) bond motifs is 2. The van der Waals surface area contributed by atoms with E-state index in [0.717, 1.165) is 28.1 Å². The summed E-state index contributed by atoms with van der Waals surface area (Å²) in [5, 5.41) is 0. The Morgan fingerprint density at radius 1 is 0.583 bits per heavy atom. The third kappa shape index (κ3) is 3.30. The van der Waals surface area contributed by atoms with E-state index in [1.54, 1.807) is 31.4 Å². The van der Waals surface area contributed by atoms with Crippen LogP contribution in [-0.2, 0) is 0 Å². The van der Waals surface area contributed by atoms with E-state index in [4.69, 9.17) is 4.74 Å². The maximum atomic E-state index is 14.1. The minimum Gasteiger partial charge on any atom is -0.497 e. The van der Waals surface area contributed by atoms with Crippen molar-refractivity contribution >= 4 is 11.6 Å². The molecule has 1 aliphatic rings. The van der Waals surface area contributed by atoms with E-state index in [1.807, 2.05) is 90.4 Å². The summed E-state index contributed by atoms with van der Waals surface area (Å²) in [7, 11) is 1.63. The van der Waals surface area contributed by atoms with Crippen LogP contribution in [0.3, 0.4) is 0 Å². The van der Waals surface area contributed by atoms with Crippen LogP contribution in [0.4, 0.5) is 0 Å². The van der Waals surface area contributed by atoms with E-state index < -0.39 is 0 Å². The highest BCUT2D eigenvalue weighted by molar-refractivity contribution is 6.32. The molecule has 0 radical (unpaired) electrons. The van der Waals surface area contributed by atoms with Gasteiger partial charge in [0.15, 0.2) is 11.6 Å². The SMILES string of the molecule is COc1ccc(-n2c(-c3ccccc3)c3c(c2-c2ccc(C)cc2)C(=O)c2ccccc2C3=O)cc1. The minimum atomic E-state index is -0.139. The summed E-state index contributed by atoms with van der Waals surface area (Å²) >= 11 is 0. The number of carbonyl (C=O) groups is 2. The summed E-state index contributed by atoms with van der Waals surface area (Å²) < 4.78 is 7.44. The second-order valence-corrected chi connectivity index (χ2v) is 8.92.